The van der Waals surface area contributed by atoms with Crippen LogP contribution in [0.2, 0.25) is 0 Å². The van der Waals surface area contributed by atoms with Crippen LogP contribution in [0.4, 0.5) is 5.69 Å². The highest BCUT2D eigenvalue weighted by Gasteiger charge is 2.34. The van der Waals surface area contributed by atoms with Gasteiger partial charge in [0.1, 0.15) is 5.82 Å². The highest BCUT2D eigenvalue weighted by atomic mass is 16.3. The lowest BCUT2D eigenvalue weighted by molar-refractivity contribution is -0.119. The van der Waals surface area contributed by atoms with Crippen molar-refractivity contribution in [1.29, 1.82) is 0 Å². The summed E-state index contributed by atoms with van der Waals surface area (Å²) >= 11 is 0. The molecule has 3 heterocycles. The summed E-state index contributed by atoms with van der Waals surface area (Å²) in [6, 6.07) is 7.71. The van der Waals surface area contributed by atoms with Crippen molar-refractivity contribution < 1.29 is 9.90 Å². The van der Waals surface area contributed by atoms with Gasteiger partial charge in [-0.1, -0.05) is 0 Å². The Labute approximate surface area is 132 Å². The Bertz CT molecular complexity index is 888. The number of carbonyl (C=O) groups excluding carboxylic acids is 1. The topological polar surface area (TPSA) is 82.1 Å². The number of aromatic nitrogens is 3. The maximum atomic E-state index is 12.3. The molecule has 2 N–H and O–H groups in total. The van der Waals surface area contributed by atoms with Crippen molar-refractivity contribution in [1.82, 2.24) is 15.0 Å². The number of nitrogens with one attached hydrogen (secondary N) is 1. The van der Waals surface area contributed by atoms with Crippen molar-refractivity contribution >= 4 is 22.6 Å². The number of imidazole rings is 1. The zero-order valence-electron chi connectivity index (χ0n) is 12.7. The molecule has 6 nitrogen and oxygen atoms in total. The number of nitrogens with zero attached hydrogens (tertiary/aromatic N) is 3. The van der Waals surface area contributed by atoms with Crippen molar-refractivity contribution in [3.8, 4) is 11.4 Å². The average Bonchev–Trinajstić information content (AvgIpc) is 3.09. The van der Waals surface area contributed by atoms with Crippen molar-refractivity contribution in [2.45, 2.75) is 12.8 Å². The lowest BCUT2D eigenvalue weighted by atomic mass is 10.0. The fourth-order valence-corrected chi connectivity index (χ4v) is 3.10. The monoisotopic (exact) mass is 308 g/mol. The molecule has 23 heavy (non-hydrogen) atoms. The van der Waals surface area contributed by atoms with E-state index in [1.54, 1.807) is 17.3 Å². The number of anilines is 1. The van der Waals surface area contributed by atoms with E-state index < -0.39 is 0 Å². The number of H-pyrrole nitrogens is 1. The number of rotatable bonds is 3. The second-order valence-corrected chi connectivity index (χ2v) is 5.69. The molecule has 0 aliphatic carbocycles. The van der Waals surface area contributed by atoms with E-state index in [1.807, 2.05) is 31.2 Å². The van der Waals surface area contributed by atoms with Gasteiger partial charge in [-0.15, -0.1) is 0 Å². The number of aliphatic hydroxyl groups excluding tert-OH is 1. The molecule has 1 amide bonds. The first kappa shape index (κ1) is 13.9. The normalized spacial score (nSPS) is 17.0. The van der Waals surface area contributed by atoms with E-state index in [4.69, 9.17) is 0 Å². The summed E-state index contributed by atoms with van der Waals surface area (Å²) in [6.45, 7) is 2.14. The van der Waals surface area contributed by atoms with Gasteiger partial charge in [-0.05, 0) is 36.8 Å². The molecule has 1 aliphatic heterocycles. The number of pyridine rings is 1. The summed E-state index contributed by atoms with van der Waals surface area (Å²) in [7, 11) is 0. The van der Waals surface area contributed by atoms with Crippen LogP contribution in [0.3, 0.4) is 0 Å². The van der Waals surface area contributed by atoms with E-state index in [0.717, 1.165) is 33.7 Å². The molecule has 0 saturated carbocycles. The van der Waals surface area contributed by atoms with Crippen LogP contribution in [0.5, 0.6) is 0 Å². The van der Waals surface area contributed by atoms with Crippen LogP contribution in [0.15, 0.2) is 36.7 Å². The zero-order chi connectivity index (χ0) is 16.0. The average molecular weight is 308 g/mol. The summed E-state index contributed by atoms with van der Waals surface area (Å²) in [4.78, 5) is 26.0. The molecular weight excluding hydrogens is 292 g/mol. The van der Waals surface area contributed by atoms with Gasteiger partial charge in [-0.25, -0.2) is 4.98 Å². The Hall–Kier alpha value is -2.73. The molecule has 2 aromatic heterocycles. The second kappa shape index (κ2) is 5.17. The third kappa shape index (κ3) is 2.10. The van der Waals surface area contributed by atoms with Crippen molar-refractivity contribution in [2.75, 3.05) is 18.1 Å². The summed E-state index contributed by atoms with van der Waals surface area (Å²) in [5.74, 6) is 0.574. The summed E-state index contributed by atoms with van der Waals surface area (Å²) in [6.07, 6.45) is 3.48. The minimum Gasteiger partial charge on any atom is -0.395 e. The molecule has 0 fully saturated rings. The number of aromatic amines is 1. The number of hydrogen-bond donors (Lipinski definition) is 2. The number of amides is 1. The first-order chi connectivity index (χ1) is 11.2. The van der Waals surface area contributed by atoms with Gasteiger partial charge in [0.2, 0.25) is 5.91 Å². The van der Waals surface area contributed by atoms with Crippen molar-refractivity contribution in [3.63, 3.8) is 0 Å². The van der Waals surface area contributed by atoms with Crippen LogP contribution in [0.25, 0.3) is 22.4 Å². The van der Waals surface area contributed by atoms with E-state index in [1.165, 1.54) is 0 Å². The SMILES string of the molecule is CC1C(=O)N(CCO)c2cc3nc(-c4cccnc4)[nH]c3cc21. The van der Waals surface area contributed by atoms with Crippen molar-refractivity contribution in [3.05, 3.63) is 42.2 Å². The Morgan fingerprint density at radius 1 is 1.39 bits per heavy atom. The fraction of sp³-hybridized carbons (Fsp3) is 0.235. The van der Waals surface area contributed by atoms with Gasteiger partial charge in [0.15, 0.2) is 0 Å². The van der Waals surface area contributed by atoms with E-state index in [9.17, 15) is 9.90 Å². The van der Waals surface area contributed by atoms with Crippen molar-refractivity contribution in [2.24, 2.45) is 0 Å². The molecule has 1 aromatic carbocycles. The number of β-amino-alcohol motifs (C(OH)–C–C–N with tert-alkyl or cyclic N) is 1. The van der Waals surface area contributed by atoms with Gasteiger partial charge in [0, 0.05) is 24.5 Å². The molecule has 0 spiro atoms. The van der Waals surface area contributed by atoms with Gasteiger partial charge >= 0.3 is 0 Å². The van der Waals surface area contributed by atoms with E-state index in [-0.39, 0.29) is 18.4 Å². The van der Waals surface area contributed by atoms with E-state index in [2.05, 4.69) is 15.0 Å². The first-order valence-electron chi connectivity index (χ1n) is 7.55. The molecule has 3 aromatic rings. The minimum atomic E-state index is -0.203. The van der Waals surface area contributed by atoms with Gasteiger partial charge in [-0.2, -0.15) is 0 Å². The standard InChI is InChI=1S/C17H16N4O2/c1-10-12-7-13-14(8-15(12)21(5-6-22)17(10)23)20-16(19-13)11-3-2-4-18-9-11/h2-4,7-10,22H,5-6H2,1H3,(H,19,20). The first-order valence-corrected chi connectivity index (χ1v) is 7.55. The molecule has 1 atom stereocenters. The third-order valence-corrected chi connectivity index (χ3v) is 4.28. The largest absolute Gasteiger partial charge is 0.395 e. The molecule has 6 heteroatoms. The quantitative estimate of drug-likeness (QED) is 0.776. The molecular formula is C17H16N4O2. The number of aliphatic hydroxyl groups is 1. The molecule has 0 saturated heterocycles. The number of benzene rings is 1. The Balaban J connectivity index is 1.85. The molecule has 0 bridgehead atoms. The maximum Gasteiger partial charge on any atom is 0.234 e. The smallest absolute Gasteiger partial charge is 0.234 e. The van der Waals surface area contributed by atoms with Crippen LogP contribution in [0.1, 0.15) is 18.4 Å². The molecule has 0 radical (unpaired) electrons. The zero-order valence-corrected chi connectivity index (χ0v) is 12.7. The highest BCUT2D eigenvalue weighted by Crippen LogP contribution is 2.39. The predicted octanol–water partition coefficient (Wildman–Crippen LogP) is 2.07. The fourth-order valence-electron chi connectivity index (χ4n) is 3.10. The Morgan fingerprint density at radius 2 is 2.26 bits per heavy atom. The van der Waals surface area contributed by atoms with Crippen LogP contribution < -0.4 is 4.90 Å². The Kier molecular flexibility index (Phi) is 3.12. The van der Waals surface area contributed by atoms with Crippen LogP contribution >= 0.6 is 0 Å². The summed E-state index contributed by atoms with van der Waals surface area (Å²) < 4.78 is 0. The lowest BCUT2D eigenvalue weighted by Crippen LogP contribution is -2.30. The van der Waals surface area contributed by atoms with Crippen LogP contribution in [-0.2, 0) is 4.79 Å². The van der Waals surface area contributed by atoms with Gasteiger partial charge in [0.25, 0.3) is 0 Å². The van der Waals surface area contributed by atoms with Crippen LogP contribution in [0, 0.1) is 0 Å². The van der Waals surface area contributed by atoms with Gasteiger partial charge < -0.3 is 15.0 Å². The van der Waals surface area contributed by atoms with Gasteiger partial charge in [0.05, 0.1) is 29.2 Å². The van der Waals surface area contributed by atoms with E-state index in [0.29, 0.717) is 6.54 Å². The Morgan fingerprint density at radius 3 is 3.00 bits per heavy atom. The summed E-state index contributed by atoms with van der Waals surface area (Å²) in [5.41, 5.74) is 4.42. The van der Waals surface area contributed by atoms with Crippen LogP contribution in [-0.4, -0.2) is 39.1 Å². The molecule has 1 unspecified atom stereocenters. The second-order valence-electron chi connectivity index (χ2n) is 5.69. The van der Waals surface area contributed by atoms with E-state index >= 15 is 0 Å². The predicted molar refractivity (Wildman–Crippen MR) is 87.2 cm³/mol. The van der Waals surface area contributed by atoms with Gasteiger partial charge in [-0.3, -0.25) is 9.78 Å². The minimum absolute atomic E-state index is 0.0224. The summed E-state index contributed by atoms with van der Waals surface area (Å²) in [5, 5.41) is 9.20. The molecule has 4 rings (SSSR count). The maximum absolute atomic E-state index is 12.3. The third-order valence-electron chi connectivity index (χ3n) is 4.28. The number of fused-ring (bicyclic) bond motifs is 2. The molecule has 1 aliphatic rings. The molecule has 116 valence electrons. The highest BCUT2D eigenvalue weighted by molar-refractivity contribution is 6.07. The number of carbonyl (C=O) groups is 1. The number of hydrogen-bond acceptors (Lipinski definition) is 4. The lowest BCUT2D eigenvalue weighted by Gasteiger charge is -2.15.